The summed E-state index contributed by atoms with van der Waals surface area (Å²) in [7, 11) is 0. The minimum atomic E-state index is -0.350. The van der Waals surface area contributed by atoms with E-state index in [4.69, 9.17) is 0 Å². The Bertz CT molecular complexity index is 1080. The van der Waals surface area contributed by atoms with Gasteiger partial charge >= 0.3 is 0 Å². The molecule has 0 aliphatic rings. The molecule has 3 rings (SSSR count). The number of benzene rings is 2. The van der Waals surface area contributed by atoms with Gasteiger partial charge in [-0.3, -0.25) is 9.59 Å². The van der Waals surface area contributed by atoms with Crippen molar-refractivity contribution in [2.24, 2.45) is 0 Å². The van der Waals surface area contributed by atoms with Crippen molar-refractivity contribution >= 4 is 23.2 Å². The number of nitrogens with zero attached hydrogens (tertiary/aromatic N) is 3. The second-order valence-corrected chi connectivity index (χ2v) is 7.23. The summed E-state index contributed by atoms with van der Waals surface area (Å²) in [6.07, 6.45) is 0. The Morgan fingerprint density at radius 3 is 2.41 bits per heavy atom. The van der Waals surface area contributed by atoms with E-state index in [1.54, 1.807) is 6.92 Å². The lowest BCUT2D eigenvalue weighted by atomic mass is 10.1. The average Bonchev–Trinajstić information content (AvgIpc) is 3.02. The van der Waals surface area contributed by atoms with E-state index in [2.05, 4.69) is 20.9 Å². The summed E-state index contributed by atoms with van der Waals surface area (Å²) in [6.45, 7) is 9.65. The molecular formula is C22H25N5O2. The zero-order valence-electron chi connectivity index (χ0n) is 17.3. The van der Waals surface area contributed by atoms with Gasteiger partial charge in [0.15, 0.2) is 5.69 Å². The van der Waals surface area contributed by atoms with Gasteiger partial charge in [-0.15, -0.1) is 5.10 Å². The highest BCUT2D eigenvalue weighted by Crippen LogP contribution is 2.19. The summed E-state index contributed by atoms with van der Waals surface area (Å²) in [5.41, 5.74) is 6.54. The Morgan fingerprint density at radius 1 is 0.931 bits per heavy atom. The third-order valence-corrected chi connectivity index (χ3v) is 5.13. The highest BCUT2D eigenvalue weighted by atomic mass is 16.2. The van der Waals surface area contributed by atoms with Crippen molar-refractivity contribution in [1.82, 2.24) is 15.0 Å². The van der Waals surface area contributed by atoms with Crippen LogP contribution >= 0.6 is 0 Å². The van der Waals surface area contributed by atoms with Crippen LogP contribution in [-0.4, -0.2) is 26.8 Å². The fourth-order valence-electron chi connectivity index (χ4n) is 2.94. The topological polar surface area (TPSA) is 88.9 Å². The Kier molecular flexibility index (Phi) is 5.77. The number of hydrogen-bond acceptors (Lipinski definition) is 4. The predicted octanol–water partition coefficient (Wildman–Crippen LogP) is 3.71. The lowest BCUT2D eigenvalue weighted by molar-refractivity contribution is -0.117. The van der Waals surface area contributed by atoms with Gasteiger partial charge in [0, 0.05) is 11.4 Å². The molecular weight excluding hydrogens is 366 g/mol. The Morgan fingerprint density at radius 2 is 1.69 bits per heavy atom. The van der Waals surface area contributed by atoms with E-state index < -0.39 is 0 Å². The minimum absolute atomic E-state index is 0.0253. The Labute approximate surface area is 170 Å². The van der Waals surface area contributed by atoms with Crippen molar-refractivity contribution in [3.8, 4) is 0 Å². The monoisotopic (exact) mass is 391 g/mol. The number of carbonyl (C=O) groups excluding carboxylic acids is 2. The molecule has 2 N–H and O–H groups in total. The maximum atomic E-state index is 12.6. The van der Waals surface area contributed by atoms with Crippen molar-refractivity contribution in [2.75, 3.05) is 10.6 Å². The molecule has 7 heteroatoms. The SMILES string of the molecule is Cc1ccc(NC(=O)Cn2nnc(C(=O)Nc3cccc(C)c3C)c2C)cc1C. The van der Waals surface area contributed by atoms with Crippen molar-refractivity contribution in [1.29, 1.82) is 0 Å². The van der Waals surface area contributed by atoms with E-state index in [0.29, 0.717) is 5.69 Å². The van der Waals surface area contributed by atoms with Gasteiger partial charge in [-0.1, -0.05) is 23.4 Å². The molecule has 1 heterocycles. The molecule has 1 aromatic heterocycles. The molecule has 0 unspecified atom stereocenters. The molecule has 0 bridgehead atoms. The van der Waals surface area contributed by atoms with E-state index in [1.165, 1.54) is 4.68 Å². The lowest BCUT2D eigenvalue weighted by Gasteiger charge is -2.10. The van der Waals surface area contributed by atoms with Crippen LogP contribution in [0.2, 0.25) is 0 Å². The summed E-state index contributed by atoms with van der Waals surface area (Å²) in [5, 5.41) is 13.7. The first kappa shape index (κ1) is 20.3. The normalized spacial score (nSPS) is 10.7. The maximum absolute atomic E-state index is 12.6. The molecule has 0 radical (unpaired) electrons. The molecule has 150 valence electrons. The fraction of sp³-hybridized carbons (Fsp3) is 0.273. The Hall–Kier alpha value is -3.48. The molecule has 0 saturated carbocycles. The molecule has 0 aliphatic carbocycles. The van der Waals surface area contributed by atoms with Gasteiger partial charge in [0.25, 0.3) is 5.91 Å². The highest BCUT2D eigenvalue weighted by Gasteiger charge is 2.19. The van der Waals surface area contributed by atoms with Gasteiger partial charge in [-0.2, -0.15) is 0 Å². The summed E-state index contributed by atoms with van der Waals surface area (Å²) < 4.78 is 1.42. The third-order valence-electron chi connectivity index (χ3n) is 5.13. The van der Waals surface area contributed by atoms with Crippen LogP contribution in [0.1, 0.15) is 38.4 Å². The number of amides is 2. The van der Waals surface area contributed by atoms with Crippen LogP contribution in [0.3, 0.4) is 0 Å². The van der Waals surface area contributed by atoms with Gasteiger partial charge in [0.1, 0.15) is 6.54 Å². The number of aromatic nitrogens is 3. The molecule has 0 saturated heterocycles. The van der Waals surface area contributed by atoms with E-state index in [1.807, 2.05) is 64.1 Å². The standard InChI is InChI=1S/C22H25N5O2/c1-13-9-10-18(11-15(13)3)23-20(28)12-27-17(5)21(25-26-27)22(29)24-19-8-6-7-14(2)16(19)4/h6-11H,12H2,1-5H3,(H,23,28)(H,24,29). The summed E-state index contributed by atoms with van der Waals surface area (Å²) in [4.78, 5) is 25.0. The van der Waals surface area contributed by atoms with Crippen LogP contribution in [0.5, 0.6) is 0 Å². The van der Waals surface area contributed by atoms with Crippen molar-refractivity contribution in [3.05, 3.63) is 70.0 Å². The van der Waals surface area contributed by atoms with Crippen LogP contribution in [0.4, 0.5) is 11.4 Å². The number of nitrogens with one attached hydrogen (secondary N) is 2. The largest absolute Gasteiger partial charge is 0.324 e. The smallest absolute Gasteiger partial charge is 0.278 e. The van der Waals surface area contributed by atoms with Crippen LogP contribution in [0, 0.1) is 34.6 Å². The van der Waals surface area contributed by atoms with Gasteiger partial charge in [0.2, 0.25) is 5.91 Å². The molecule has 29 heavy (non-hydrogen) atoms. The number of aryl methyl sites for hydroxylation is 3. The van der Waals surface area contributed by atoms with Crippen molar-refractivity contribution < 1.29 is 9.59 Å². The van der Waals surface area contributed by atoms with Crippen LogP contribution in [-0.2, 0) is 11.3 Å². The zero-order chi connectivity index (χ0) is 21.1. The minimum Gasteiger partial charge on any atom is -0.324 e. The molecule has 7 nitrogen and oxygen atoms in total. The predicted molar refractivity (Wildman–Crippen MR) is 113 cm³/mol. The fourth-order valence-corrected chi connectivity index (χ4v) is 2.94. The quantitative estimate of drug-likeness (QED) is 0.694. The van der Waals surface area contributed by atoms with Gasteiger partial charge in [-0.25, -0.2) is 4.68 Å². The van der Waals surface area contributed by atoms with Gasteiger partial charge in [0.05, 0.1) is 5.69 Å². The second kappa shape index (κ2) is 8.26. The van der Waals surface area contributed by atoms with Gasteiger partial charge in [-0.05, 0) is 75.1 Å². The molecule has 0 fully saturated rings. The van der Waals surface area contributed by atoms with E-state index in [0.717, 1.165) is 33.6 Å². The second-order valence-electron chi connectivity index (χ2n) is 7.23. The first-order chi connectivity index (χ1) is 13.8. The molecule has 0 atom stereocenters. The van der Waals surface area contributed by atoms with E-state index >= 15 is 0 Å². The summed E-state index contributed by atoms with van der Waals surface area (Å²) in [6, 6.07) is 11.5. The average molecular weight is 391 g/mol. The molecule has 2 aromatic carbocycles. The first-order valence-corrected chi connectivity index (χ1v) is 9.41. The van der Waals surface area contributed by atoms with Gasteiger partial charge < -0.3 is 10.6 Å². The lowest BCUT2D eigenvalue weighted by Crippen LogP contribution is -2.21. The highest BCUT2D eigenvalue weighted by molar-refractivity contribution is 6.04. The summed E-state index contributed by atoms with van der Waals surface area (Å²) >= 11 is 0. The van der Waals surface area contributed by atoms with Crippen molar-refractivity contribution in [2.45, 2.75) is 41.2 Å². The molecule has 2 amide bonds. The number of anilines is 2. The zero-order valence-corrected chi connectivity index (χ0v) is 17.3. The first-order valence-electron chi connectivity index (χ1n) is 9.41. The molecule has 0 spiro atoms. The van der Waals surface area contributed by atoms with Crippen LogP contribution < -0.4 is 10.6 Å². The van der Waals surface area contributed by atoms with E-state index in [-0.39, 0.29) is 24.1 Å². The van der Waals surface area contributed by atoms with E-state index in [9.17, 15) is 9.59 Å². The Balaban J connectivity index is 1.69. The maximum Gasteiger partial charge on any atom is 0.278 e. The number of hydrogen-bond donors (Lipinski definition) is 2. The number of carbonyl (C=O) groups is 2. The van der Waals surface area contributed by atoms with Crippen molar-refractivity contribution in [3.63, 3.8) is 0 Å². The third kappa shape index (κ3) is 4.51. The van der Waals surface area contributed by atoms with Crippen LogP contribution in [0.15, 0.2) is 36.4 Å². The molecule has 3 aromatic rings. The number of rotatable bonds is 5. The summed E-state index contributed by atoms with van der Waals surface area (Å²) in [5.74, 6) is -0.584. The van der Waals surface area contributed by atoms with Crippen LogP contribution in [0.25, 0.3) is 0 Å². The molecule has 0 aliphatic heterocycles.